The first-order valence-corrected chi connectivity index (χ1v) is 4.71. The van der Waals surface area contributed by atoms with Gasteiger partial charge in [-0.25, -0.2) is 14.8 Å². The zero-order valence-electron chi connectivity index (χ0n) is 9.07. The first kappa shape index (κ1) is 11.6. The van der Waals surface area contributed by atoms with E-state index in [4.69, 9.17) is 9.84 Å². The fourth-order valence-corrected chi connectivity index (χ4v) is 1.35. The molecular formula is C10H14N2O3. The van der Waals surface area contributed by atoms with Gasteiger partial charge in [-0.15, -0.1) is 0 Å². The summed E-state index contributed by atoms with van der Waals surface area (Å²) in [5, 5.41) is 8.90. The van der Waals surface area contributed by atoms with Crippen molar-refractivity contribution < 1.29 is 14.6 Å². The number of aromatic nitrogens is 2. The van der Waals surface area contributed by atoms with Crippen LogP contribution in [0.15, 0.2) is 0 Å². The number of aryl methyl sites for hydroxylation is 2. The molecule has 0 atom stereocenters. The molecule has 0 aliphatic carbocycles. The van der Waals surface area contributed by atoms with Crippen LogP contribution < -0.4 is 0 Å². The van der Waals surface area contributed by atoms with Gasteiger partial charge >= 0.3 is 5.97 Å². The van der Waals surface area contributed by atoms with Crippen molar-refractivity contribution in [3.05, 3.63) is 22.8 Å². The first-order valence-electron chi connectivity index (χ1n) is 4.71. The highest BCUT2D eigenvalue weighted by atomic mass is 16.5. The van der Waals surface area contributed by atoms with Gasteiger partial charge in [0.1, 0.15) is 12.2 Å². The van der Waals surface area contributed by atoms with Gasteiger partial charge in [-0.1, -0.05) is 0 Å². The standard InChI is InChI=1S/C10H14N2O3/c1-4-15-5-8-11-6(2)9(10(13)14)7(3)12-8/h4-5H2,1-3H3,(H,13,14). The molecule has 1 aromatic rings. The Kier molecular flexibility index (Phi) is 3.74. The lowest BCUT2D eigenvalue weighted by Gasteiger charge is -2.07. The number of rotatable bonds is 4. The average Bonchev–Trinajstić information content (AvgIpc) is 2.12. The van der Waals surface area contributed by atoms with E-state index in [0.29, 0.717) is 30.4 Å². The van der Waals surface area contributed by atoms with Crippen molar-refractivity contribution in [3.63, 3.8) is 0 Å². The lowest BCUT2D eigenvalue weighted by atomic mass is 10.2. The molecule has 0 aromatic carbocycles. The van der Waals surface area contributed by atoms with Crippen molar-refractivity contribution in [2.75, 3.05) is 6.61 Å². The molecule has 0 fully saturated rings. The summed E-state index contributed by atoms with van der Waals surface area (Å²) in [5.74, 6) is -0.468. The third-order valence-corrected chi connectivity index (χ3v) is 1.97. The highest BCUT2D eigenvalue weighted by Gasteiger charge is 2.14. The maximum atomic E-state index is 10.9. The van der Waals surface area contributed by atoms with Gasteiger partial charge in [0.15, 0.2) is 5.82 Å². The number of carbonyl (C=O) groups is 1. The fraction of sp³-hybridized carbons (Fsp3) is 0.500. The van der Waals surface area contributed by atoms with Crippen LogP contribution in [0.4, 0.5) is 0 Å². The first-order chi connectivity index (χ1) is 7.06. The van der Waals surface area contributed by atoms with Gasteiger partial charge in [-0.2, -0.15) is 0 Å². The van der Waals surface area contributed by atoms with Crippen LogP contribution in [0.25, 0.3) is 0 Å². The normalized spacial score (nSPS) is 10.3. The third-order valence-electron chi connectivity index (χ3n) is 1.97. The van der Waals surface area contributed by atoms with E-state index in [2.05, 4.69) is 9.97 Å². The zero-order chi connectivity index (χ0) is 11.4. The number of carboxylic acids is 1. The van der Waals surface area contributed by atoms with Gasteiger partial charge in [-0.3, -0.25) is 0 Å². The smallest absolute Gasteiger partial charge is 0.339 e. The van der Waals surface area contributed by atoms with Crippen LogP contribution in [-0.4, -0.2) is 27.7 Å². The van der Waals surface area contributed by atoms with E-state index in [1.165, 1.54) is 0 Å². The predicted molar refractivity (Wildman–Crippen MR) is 53.8 cm³/mol. The number of ether oxygens (including phenoxy) is 1. The van der Waals surface area contributed by atoms with E-state index < -0.39 is 5.97 Å². The van der Waals surface area contributed by atoms with Crippen molar-refractivity contribution in [1.29, 1.82) is 0 Å². The summed E-state index contributed by atoms with van der Waals surface area (Å²) >= 11 is 0. The van der Waals surface area contributed by atoms with Crippen LogP contribution >= 0.6 is 0 Å². The minimum Gasteiger partial charge on any atom is -0.478 e. The summed E-state index contributed by atoms with van der Waals surface area (Å²) in [6.45, 7) is 6.10. The molecule has 0 unspecified atom stereocenters. The molecule has 0 saturated heterocycles. The summed E-state index contributed by atoms with van der Waals surface area (Å²) < 4.78 is 5.16. The lowest BCUT2D eigenvalue weighted by Crippen LogP contribution is -2.11. The molecule has 0 bridgehead atoms. The van der Waals surface area contributed by atoms with E-state index in [-0.39, 0.29) is 5.56 Å². The van der Waals surface area contributed by atoms with E-state index in [0.717, 1.165) is 0 Å². The van der Waals surface area contributed by atoms with Crippen molar-refractivity contribution >= 4 is 5.97 Å². The highest BCUT2D eigenvalue weighted by molar-refractivity contribution is 5.89. The number of hydrogen-bond acceptors (Lipinski definition) is 4. The Labute approximate surface area is 88.1 Å². The largest absolute Gasteiger partial charge is 0.478 e. The lowest BCUT2D eigenvalue weighted by molar-refractivity contribution is 0.0693. The molecule has 0 amide bonds. The molecule has 5 heteroatoms. The molecule has 1 N–H and O–H groups in total. The quantitative estimate of drug-likeness (QED) is 0.811. The molecule has 1 aromatic heterocycles. The van der Waals surface area contributed by atoms with E-state index in [9.17, 15) is 4.79 Å². The topological polar surface area (TPSA) is 72.3 Å². The van der Waals surface area contributed by atoms with Crippen LogP contribution in [0.3, 0.4) is 0 Å². The summed E-state index contributed by atoms with van der Waals surface area (Å²) in [5.41, 5.74) is 1.13. The molecule has 82 valence electrons. The van der Waals surface area contributed by atoms with Crippen LogP contribution in [0.5, 0.6) is 0 Å². The summed E-state index contributed by atoms with van der Waals surface area (Å²) in [6, 6.07) is 0. The average molecular weight is 210 g/mol. The van der Waals surface area contributed by atoms with E-state index in [1.54, 1.807) is 13.8 Å². The van der Waals surface area contributed by atoms with Gasteiger partial charge in [0, 0.05) is 6.61 Å². The Balaban J connectivity index is 3.03. The molecule has 0 aliphatic heterocycles. The summed E-state index contributed by atoms with van der Waals surface area (Å²) in [6.07, 6.45) is 0. The Morgan fingerprint density at radius 3 is 2.27 bits per heavy atom. The second kappa shape index (κ2) is 4.84. The van der Waals surface area contributed by atoms with Crippen molar-refractivity contribution in [3.8, 4) is 0 Å². The summed E-state index contributed by atoms with van der Waals surface area (Å²) in [4.78, 5) is 19.0. The molecule has 0 aliphatic rings. The molecular weight excluding hydrogens is 196 g/mol. The minimum atomic E-state index is -0.993. The minimum absolute atomic E-state index is 0.176. The van der Waals surface area contributed by atoms with Gasteiger partial charge in [-0.05, 0) is 20.8 Å². The molecule has 1 rings (SSSR count). The van der Waals surface area contributed by atoms with Gasteiger partial charge in [0.2, 0.25) is 0 Å². The number of carboxylic acid groups (broad SMARTS) is 1. The Hall–Kier alpha value is -1.49. The number of nitrogens with zero attached hydrogens (tertiary/aromatic N) is 2. The maximum Gasteiger partial charge on any atom is 0.339 e. The molecule has 0 saturated carbocycles. The summed E-state index contributed by atoms with van der Waals surface area (Å²) in [7, 11) is 0. The monoisotopic (exact) mass is 210 g/mol. The maximum absolute atomic E-state index is 10.9. The Morgan fingerprint density at radius 2 is 1.87 bits per heavy atom. The third kappa shape index (κ3) is 2.73. The van der Waals surface area contributed by atoms with Crippen LogP contribution in [0.1, 0.15) is 34.5 Å². The van der Waals surface area contributed by atoms with Crippen LogP contribution in [0.2, 0.25) is 0 Å². The van der Waals surface area contributed by atoms with Crippen LogP contribution in [0, 0.1) is 13.8 Å². The molecule has 1 heterocycles. The second-order valence-electron chi connectivity index (χ2n) is 3.13. The van der Waals surface area contributed by atoms with Gasteiger partial charge in [0.25, 0.3) is 0 Å². The van der Waals surface area contributed by atoms with Crippen molar-refractivity contribution in [2.24, 2.45) is 0 Å². The molecule has 5 nitrogen and oxygen atoms in total. The Bertz CT molecular complexity index is 354. The molecule has 0 spiro atoms. The second-order valence-corrected chi connectivity index (χ2v) is 3.13. The molecule has 0 radical (unpaired) electrons. The fourth-order valence-electron chi connectivity index (χ4n) is 1.35. The number of hydrogen-bond donors (Lipinski definition) is 1. The van der Waals surface area contributed by atoms with Gasteiger partial charge < -0.3 is 9.84 Å². The van der Waals surface area contributed by atoms with Crippen LogP contribution in [-0.2, 0) is 11.3 Å². The van der Waals surface area contributed by atoms with Gasteiger partial charge in [0.05, 0.1) is 11.4 Å². The molecule has 15 heavy (non-hydrogen) atoms. The SMILES string of the molecule is CCOCc1nc(C)c(C(=O)O)c(C)n1. The zero-order valence-corrected chi connectivity index (χ0v) is 9.07. The Morgan fingerprint density at radius 1 is 1.33 bits per heavy atom. The van der Waals surface area contributed by atoms with E-state index >= 15 is 0 Å². The number of aromatic carboxylic acids is 1. The van der Waals surface area contributed by atoms with E-state index in [1.807, 2.05) is 6.92 Å². The van der Waals surface area contributed by atoms with Crippen molar-refractivity contribution in [2.45, 2.75) is 27.4 Å². The van der Waals surface area contributed by atoms with Crippen molar-refractivity contribution in [1.82, 2.24) is 9.97 Å². The highest BCUT2D eigenvalue weighted by Crippen LogP contribution is 2.10. The predicted octanol–water partition coefficient (Wildman–Crippen LogP) is 1.33.